The summed E-state index contributed by atoms with van der Waals surface area (Å²) in [6.45, 7) is 0. The molecule has 0 aromatic carbocycles. The van der Waals surface area contributed by atoms with Gasteiger partial charge < -0.3 is 14.4 Å². The Bertz CT molecular complexity index is 44.2. The highest BCUT2D eigenvalue weighted by molar-refractivity contribution is 7.73. The van der Waals surface area contributed by atoms with Crippen LogP contribution in [-0.2, 0) is 11.4 Å². The molecule has 1 unspecified atom stereocenters. The Morgan fingerprint density at radius 3 is 1.71 bits per heavy atom. The van der Waals surface area contributed by atoms with Gasteiger partial charge in [0.1, 0.15) is 0 Å². The average Bonchev–Trinajstić information content (AvgIpc) is 1.33. The van der Waals surface area contributed by atoms with Crippen LogP contribution in [0.1, 0.15) is 0 Å². The van der Waals surface area contributed by atoms with Gasteiger partial charge in [0.25, 0.3) is 0 Å². The number of hydrogen-bond acceptors (Lipinski definition) is 3. The van der Waals surface area contributed by atoms with Gasteiger partial charge in [-0.15, -0.1) is 0 Å². The van der Waals surface area contributed by atoms with E-state index >= 15 is 0 Å². The molecular formula is C2H8NO3S-. The fraction of sp³-hybridized carbons (Fsp3) is 1.00. The molecule has 0 aromatic heterocycles. The molecule has 0 aliphatic heterocycles. The van der Waals surface area contributed by atoms with E-state index in [2.05, 4.69) is 5.32 Å². The maximum Gasteiger partial charge on any atom is 0.0814 e. The van der Waals surface area contributed by atoms with Crippen LogP contribution in [-0.4, -0.2) is 27.4 Å². The van der Waals surface area contributed by atoms with Crippen molar-refractivity contribution in [2.45, 2.75) is 0 Å². The minimum absolute atomic E-state index is 1.88. The highest BCUT2D eigenvalue weighted by atomic mass is 32.2. The van der Waals surface area contributed by atoms with Gasteiger partial charge in [-0.05, 0) is 14.1 Å². The minimum Gasteiger partial charge on any atom is -0.750 e. The fourth-order valence-electron chi connectivity index (χ4n) is 0. The Morgan fingerprint density at radius 2 is 1.71 bits per heavy atom. The molecule has 0 aliphatic rings. The first-order valence-electron chi connectivity index (χ1n) is 1.52. The Balaban J connectivity index is 0. The smallest absolute Gasteiger partial charge is 0.0814 e. The summed E-state index contributed by atoms with van der Waals surface area (Å²) in [4.78, 5) is 0. The molecule has 0 rings (SSSR count). The van der Waals surface area contributed by atoms with E-state index in [0.29, 0.717) is 0 Å². The minimum atomic E-state index is -2.86. The van der Waals surface area contributed by atoms with Crippen molar-refractivity contribution in [3.8, 4) is 0 Å². The first-order chi connectivity index (χ1) is 3.15. The van der Waals surface area contributed by atoms with E-state index < -0.39 is 11.4 Å². The van der Waals surface area contributed by atoms with Crippen LogP contribution in [0, 0.1) is 0 Å². The van der Waals surface area contributed by atoms with Gasteiger partial charge in [-0.2, -0.15) is 0 Å². The summed E-state index contributed by atoms with van der Waals surface area (Å²) in [6.07, 6.45) is 0. The van der Waals surface area contributed by atoms with Gasteiger partial charge in [-0.25, -0.2) is 4.21 Å². The van der Waals surface area contributed by atoms with E-state index in [1.807, 2.05) is 14.1 Å². The van der Waals surface area contributed by atoms with Gasteiger partial charge in [0, 0.05) is 0 Å². The van der Waals surface area contributed by atoms with E-state index in [1.165, 1.54) is 0 Å². The first kappa shape index (κ1) is 10.1. The van der Waals surface area contributed by atoms with E-state index in [4.69, 9.17) is 13.3 Å². The maximum atomic E-state index is 8.56. The highest BCUT2D eigenvalue weighted by Gasteiger charge is 1.42. The van der Waals surface area contributed by atoms with E-state index in [9.17, 15) is 0 Å². The quantitative estimate of drug-likeness (QED) is 0.416. The van der Waals surface area contributed by atoms with Crippen LogP contribution >= 0.6 is 0 Å². The third kappa shape index (κ3) is 109000. The predicted octanol–water partition coefficient (Wildman–Crippen LogP) is -0.826. The lowest BCUT2D eigenvalue weighted by Gasteiger charge is -1.83. The van der Waals surface area contributed by atoms with Gasteiger partial charge in [0.15, 0.2) is 0 Å². The molecule has 0 bridgehead atoms. The maximum absolute atomic E-state index is 8.56. The van der Waals surface area contributed by atoms with Crippen molar-refractivity contribution in [3.63, 3.8) is 0 Å². The van der Waals surface area contributed by atoms with Crippen molar-refractivity contribution in [1.29, 1.82) is 0 Å². The number of rotatable bonds is 0. The van der Waals surface area contributed by atoms with Gasteiger partial charge >= 0.3 is 0 Å². The zero-order chi connectivity index (χ0) is 6.28. The fourth-order valence-corrected chi connectivity index (χ4v) is 0. The van der Waals surface area contributed by atoms with Crippen LogP contribution < -0.4 is 5.32 Å². The van der Waals surface area contributed by atoms with Crippen LogP contribution in [0.5, 0.6) is 0 Å². The molecule has 0 spiro atoms. The molecule has 0 aromatic rings. The molecule has 5 heteroatoms. The summed E-state index contributed by atoms with van der Waals surface area (Å²) in [7, 11) is 3.75. The molecular weight excluding hydrogens is 118 g/mol. The Kier molecular flexibility index (Phi) is 13.6. The molecule has 7 heavy (non-hydrogen) atoms. The van der Waals surface area contributed by atoms with Crippen molar-refractivity contribution < 1.29 is 13.3 Å². The summed E-state index contributed by atoms with van der Waals surface area (Å²) in [6, 6.07) is 0. The second-order valence-electron chi connectivity index (χ2n) is 0.717. The van der Waals surface area contributed by atoms with Gasteiger partial charge in [-0.3, -0.25) is 0 Å². The number of hydrogen-bond donors (Lipinski definition) is 2. The van der Waals surface area contributed by atoms with E-state index in [0.717, 1.165) is 0 Å². The lowest BCUT2D eigenvalue weighted by molar-refractivity contribution is 0.436. The largest absolute Gasteiger partial charge is 0.750 e. The molecule has 0 fully saturated rings. The summed E-state index contributed by atoms with van der Waals surface area (Å²) < 4.78 is 24.1. The molecule has 0 radical (unpaired) electrons. The van der Waals surface area contributed by atoms with Gasteiger partial charge in [0.2, 0.25) is 0 Å². The molecule has 0 amide bonds. The van der Waals surface area contributed by atoms with Gasteiger partial charge in [-0.1, -0.05) is 0 Å². The molecule has 2 N–H and O–H groups in total. The van der Waals surface area contributed by atoms with E-state index in [-0.39, 0.29) is 0 Å². The number of nitrogens with one attached hydrogen (secondary N) is 1. The second-order valence-corrected chi connectivity index (χ2v) is 1.15. The van der Waals surface area contributed by atoms with E-state index in [1.54, 1.807) is 0 Å². The molecule has 46 valence electrons. The molecule has 0 saturated carbocycles. The second kappa shape index (κ2) is 9.39. The summed E-state index contributed by atoms with van der Waals surface area (Å²) in [5.41, 5.74) is 0. The summed E-state index contributed by atoms with van der Waals surface area (Å²) in [5, 5.41) is 2.75. The van der Waals surface area contributed by atoms with Crippen molar-refractivity contribution in [2.75, 3.05) is 14.1 Å². The SMILES string of the molecule is CNC.O=S([O-])O. The predicted molar refractivity (Wildman–Crippen MR) is 26.5 cm³/mol. The highest BCUT2D eigenvalue weighted by Crippen LogP contribution is 1.43. The van der Waals surface area contributed by atoms with Crippen LogP contribution in [0.15, 0.2) is 0 Å². The summed E-state index contributed by atoms with van der Waals surface area (Å²) in [5.74, 6) is 0. The topological polar surface area (TPSA) is 72.4 Å². The first-order valence-corrected chi connectivity index (χ1v) is 2.55. The lowest BCUT2D eigenvalue weighted by atomic mass is 11.3. The monoisotopic (exact) mass is 126 g/mol. The van der Waals surface area contributed by atoms with Crippen LogP contribution in [0.4, 0.5) is 0 Å². The zero-order valence-electron chi connectivity index (χ0n) is 4.17. The van der Waals surface area contributed by atoms with Crippen molar-refractivity contribution in [2.24, 2.45) is 0 Å². The van der Waals surface area contributed by atoms with Crippen molar-refractivity contribution >= 4 is 11.4 Å². The van der Waals surface area contributed by atoms with Crippen molar-refractivity contribution in [3.05, 3.63) is 0 Å². The third-order valence-corrected chi connectivity index (χ3v) is 0. The van der Waals surface area contributed by atoms with Gasteiger partial charge in [0.05, 0.1) is 11.4 Å². The molecule has 1 atom stereocenters. The van der Waals surface area contributed by atoms with Crippen LogP contribution in [0.25, 0.3) is 0 Å². The molecule has 0 saturated heterocycles. The molecule has 0 heterocycles. The normalized spacial score (nSPS) is 11.4. The molecule has 0 aliphatic carbocycles. The average molecular weight is 126 g/mol. The van der Waals surface area contributed by atoms with Crippen LogP contribution in [0.3, 0.4) is 0 Å². The molecule has 4 nitrogen and oxygen atoms in total. The zero-order valence-corrected chi connectivity index (χ0v) is 4.99. The Morgan fingerprint density at radius 1 is 1.71 bits per heavy atom. The lowest BCUT2D eigenvalue weighted by Crippen LogP contribution is -1.89. The Labute approximate surface area is 45.0 Å². The standard InChI is InChI=1S/C2H7N.H2O3S/c1-3-2;1-4(2)3/h3H,1-2H3;(H2,1,2,3)/p-1. The van der Waals surface area contributed by atoms with Crippen molar-refractivity contribution in [1.82, 2.24) is 5.32 Å². The summed E-state index contributed by atoms with van der Waals surface area (Å²) >= 11 is -2.86. The third-order valence-electron chi connectivity index (χ3n) is 0. The Hall–Kier alpha value is 0.0300. The van der Waals surface area contributed by atoms with Crippen LogP contribution in [0.2, 0.25) is 0 Å².